The Morgan fingerprint density at radius 1 is 0.476 bits per heavy atom. The normalized spacial score (nSPS) is 15.3. The van der Waals surface area contributed by atoms with Crippen LogP contribution in [0.4, 0.5) is 0 Å². The molecule has 0 atom stereocenters. The van der Waals surface area contributed by atoms with E-state index in [4.69, 9.17) is 0 Å². The number of hydrogen-bond acceptors (Lipinski definition) is 0. The fourth-order valence-electron chi connectivity index (χ4n) is 2.94. The molecule has 1 heteroatoms. The van der Waals surface area contributed by atoms with Crippen molar-refractivity contribution in [2.75, 3.05) is 0 Å². The van der Waals surface area contributed by atoms with Gasteiger partial charge in [-0.25, -0.2) is 0 Å². The minimum Gasteiger partial charge on any atom is -0.0622 e. The largest absolute Gasteiger partial charge is 0.152 e. The third kappa shape index (κ3) is 2.04. The summed E-state index contributed by atoms with van der Waals surface area (Å²) < 4.78 is 0. The summed E-state index contributed by atoms with van der Waals surface area (Å²) in [5, 5.41) is 4.42. The van der Waals surface area contributed by atoms with Crippen LogP contribution in [0, 0.1) is 0 Å². The highest BCUT2D eigenvalue weighted by Crippen LogP contribution is 2.81. The minimum absolute atomic E-state index is 1.36. The highest BCUT2D eigenvalue weighted by Gasteiger charge is 2.58. The molecule has 0 amide bonds. The summed E-state index contributed by atoms with van der Waals surface area (Å²) >= 11 is 0. The van der Waals surface area contributed by atoms with Crippen LogP contribution in [0.1, 0.15) is 5.56 Å². The summed E-state index contributed by atoms with van der Waals surface area (Å²) in [6.45, 7) is 0. The molecule has 4 rings (SSSR count). The third-order valence-corrected chi connectivity index (χ3v) is 7.76. The Labute approximate surface area is 126 Å². The molecule has 0 radical (unpaired) electrons. The fraction of sp³-hybridized carbons (Fsp3) is 0. The maximum Gasteiger partial charge on any atom is 0.152 e. The summed E-state index contributed by atoms with van der Waals surface area (Å²) in [5.41, 5.74) is 1.36. The van der Waals surface area contributed by atoms with Gasteiger partial charge in [0, 0.05) is 5.56 Å². The average Bonchev–Trinajstić information content (AvgIpc) is 3.34. The van der Waals surface area contributed by atoms with Crippen molar-refractivity contribution in [2.45, 2.75) is 0 Å². The van der Waals surface area contributed by atoms with E-state index in [0.717, 1.165) is 0 Å². The molecule has 100 valence electrons. The maximum absolute atomic E-state index is 2.49. The number of hydrogen-bond donors (Lipinski definition) is 0. The average molecular weight is 287 g/mol. The molecule has 0 unspecified atom stereocenters. The van der Waals surface area contributed by atoms with Gasteiger partial charge in [-0.3, -0.25) is 0 Å². The van der Waals surface area contributed by atoms with Gasteiger partial charge in [-0.05, 0) is 24.3 Å². The Morgan fingerprint density at radius 2 is 0.905 bits per heavy atom. The van der Waals surface area contributed by atoms with Crippen LogP contribution in [0.2, 0.25) is 0 Å². The van der Waals surface area contributed by atoms with Crippen molar-refractivity contribution >= 4 is 23.2 Å². The molecule has 0 saturated carbocycles. The second-order valence-electron chi connectivity index (χ2n) is 5.27. The van der Waals surface area contributed by atoms with E-state index in [-0.39, 0.29) is 0 Å². The molecular formula is C20H16P+. The van der Waals surface area contributed by atoms with Gasteiger partial charge < -0.3 is 0 Å². The van der Waals surface area contributed by atoms with Gasteiger partial charge in [-0.1, -0.05) is 66.7 Å². The third-order valence-electron chi connectivity index (χ3n) is 4.02. The number of benzene rings is 3. The van der Waals surface area contributed by atoms with Crippen molar-refractivity contribution in [1.82, 2.24) is 0 Å². The molecule has 0 spiro atoms. The lowest BCUT2D eigenvalue weighted by Gasteiger charge is -2.11. The quantitative estimate of drug-likeness (QED) is 0.614. The molecule has 21 heavy (non-hydrogen) atoms. The smallest absolute Gasteiger partial charge is 0.0622 e. The Hall–Kier alpha value is -2.17. The summed E-state index contributed by atoms with van der Waals surface area (Å²) in [7, 11) is -1.44. The van der Waals surface area contributed by atoms with Gasteiger partial charge in [0.15, 0.2) is 5.31 Å². The summed E-state index contributed by atoms with van der Waals surface area (Å²) in [4.78, 5) is 0. The van der Waals surface area contributed by atoms with Gasteiger partial charge in [0.05, 0.1) is 0 Å². The lowest BCUT2D eigenvalue weighted by atomic mass is 10.2. The molecule has 0 nitrogen and oxygen atoms in total. The minimum atomic E-state index is -1.44. The molecule has 1 heterocycles. The molecule has 0 saturated heterocycles. The van der Waals surface area contributed by atoms with E-state index >= 15 is 0 Å². The monoisotopic (exact) mass is 287 g/mol. The van der Waals surface area contributed by atoms with Crippen LogP contribution in [-0.4, -0.2) is 0 Å². The van der Waals surface area contributed by atoms with Crippen LogP contribution in [0.25, 0.3) is 5.31 Å². The van der Waals surface area contributed by atoms with Gasteiger partial charge >= 0.3 is 0 Å². The van der Waals surface area contributed by atoms with E-state index in [1.165, 1.54) is 21.5 Å². The molecule has 0 fully saturated rings. The van der Waals surface area contributed by atoms with E-state index in [2.05, 4.69) is 96.8 Å². The first-order valence-corrected chi connectivity index (χ1v) is 9.06. The number of rotatable bonds is 3. The standard InChI is InChI=1S/C20H16P/c1-4-10-17(11-5-1)20-16-21(20,18-12-6-2-7-13-18)19-14-8-3-9-15-19/h1-16H/q+1. The zero-order valence-electron chi connectivity index (χ0n) is 11.7. The molecule has 1 aliphatic rings. The molecule has 1 aliphatic heterocycles. The van der Waals surface area contributed by atoms with E-state index in [1.54, 1.807) is 0 Å². The predicted molar refractivity (Wildman–Crippen MR) is 93.5 cm³/mol. The molecule has 0 aromatic heterocycles. The SMILES string of the molecule is C1=C(c2ccccc2)[P+]1(c1ccccc1)c1ccccc1. The fourth-order valence-corrected chi connectivity index (χ4v) is 6.74. The lowest BCUT2D eigenvalue weighted by Crippen LogP contribution is -2.13. The lowest BCUT2D eigenvalue weighted by molar-refractivity contribution is 1.66. The van der Waals surface area contributed by atoms with Crippen LogP contribution in [0.3, 0.4) is 0 Å². The van der Waals surface area contributed by atoms with Crippen LogP contribution in [-0.2, 0) is 0 Å². The topological polar surface area (TPSA) is 0 Å². The van der Waals surface area contributed by atoms with Crippen LogP contribution in [0.5, 0.6) is 0 Å². The summed E-state index contributed by atoms with van der Waals surface area (Å²) in [6.07, 6.45) is 0. The second kappa shape index (κ2) is 4.98. The Balaban J connectivity index is 1.84. The highest BCUT2D eigenvalue weighted by molar-refractivity contribution is 8.07. The van der Waals surface area contributed by atoms with Crippen molar-refractivity contribution in [1.29, 1.82) is 0 Å². The maximum atomic E-state index is 2.49. The van der Waals surface area contributed by atoms with Gasteiger partial charge in [-0.2, -0.15) is 0 Å². The summed E-state index contributed by atoms with van der Waals surface area (Å²) in [5.74, 6) is 2.49. The van der Waals surface area contributed by atoms with Gasteiger partial charge in [0.25, 0.3) is 0 Å². The van der Waals surface area contributed by atoms with Crippen molar-refractivity contribution in [2.24, 2.45) is 0 Å². The molecular weight excluding hydrogens is 271 g/mol. The van der Waals surface area contributed by atoms with E-state index in [1.807, 2.05) is 0 Å². The summed E-state index contributed by atoms with van der Waals surface area (Å²) in [6, 6.07) is 32.6. The highest BCUT2D eigenvalue weighted by atomic mass is 31.2. The van der Waals surface area contributed by atoms with E-state index < -0.39 is 7.26 Å². The molecule has 0 bridgehead atoms. The zero-order valence-corrected chi connectivity index (χ0v) is 12.6. The van der Waals surface area contributed by atoms with Crippen LogP contribution in [0.15, 0.2) is 96.8 Å². The first-order chi connectivity index (χ1) is 10.4. The molecule has 3 aromatic rings. The van der Waals surface area contributed by atoms with E-state index in [9.17, 15) is 0 Å². The first-order valence-electron chi connectivity index (χ1n) is 7.20. The van der Waals surface area contributed by atoms with Crippen molar-refractivity contribution in [3.8, 4) is 0 Å². The van der Waals surface area contributed by atoms with Gasteiger partial charge in [0.2, 0.25) is 0 Å². The Bertz CT molecular complexity index is 734. The predicted octanol–water partition coefficient (Wildman–Crippen LogP) is 4.67. The first kappa shape index (κ1) is 12.6. The molecule has 0 N–H and O–H groups in total. The zero-order chi connectivity index (χ0) is 14.1. The molecule has 0 aliphatic carbocycles. The van der Waals surface area contributed by atoms with Gasteiger partial charge in [0.1, 0.15) is 23.7 Å². The Kier molecular flexibility index (Phi) is 2.98. The van der Waals surface area contributed by atoms with Crippen LogP contribution < -0.4 is 10.6 Å². The van der Waals surface area contributed by atoms with E-state index in [0.29, 0.717) is 0 Å². The van der Waals surface area contributed by atoms with Crippen molar-refractivity contribution in [3.05, 3.63) is 102 Å². The molecule has 3 aromatic carbocycles. The Morgan fingerprint density at radius 3 is 1.38 bits per heavy atom. The van der Waals surface area contributed by atoms with Gasteiger partial charge in [-0.15, -0.1) is 0 Å². The second-order valence-corrected chi connectivity index (χ2v) is 8.49. The van der Waals surface area contributed by atoms with Crippen LogP contribution >= 0.6 is 7.26 Å². The van der Waals surface area contributed by atoms with Crippen molar-refractivity contribution in [3.63, 3.8) is 0 Å². The van der Waals surface area contributed by atoms with Crippen molar-refractivity contribution < 1.29 is 0 Å².